The van der Waals surface area contributed by atoms with Crippen molar-refractivity contribution in [1.82, 2.24) is 66.0 Å². The van der Waals surface area contributed by atoms with Crippen molar-refractivity contribution < 1.29 is 86.0 Å². The molecule has 0 radical (unpaired) electrons. The Morgan fingerprint density at radius 1 is 0.698 bits per heavy atom. The molecule has 5 aromatic rings. The number of para-hydroxylation sites is 1. The topological polar surface area (TPSA) is 404 Å². The number of esters is 1. The number of carbonyl (C=O) groups excluding carboxylic acids is 12. The van der Waals surface area contributed by atoms with Crippen LogP contribution in [0.2, 0.25) is 0 Å². The largest absolute Gasteiger partial charge is 0.460 e. The van der Waals surface area contributed by atoms with Crippen molar-refractivity contribution in [3.8, 4) is 0 Å². The van der Waals surface area contributed by atoms with Crippen LogP contribution < -0.4 is 43.0 Å². The lowest BCUT2D eigenvalue weighted by Gasteiger charge is -2.56. The Balaban J connectivity index is 0.830. The number of nitrogens with two attached hydrogens (primary N) is 1. The minimum atomic E-state index is -1.20. The Kier molecular flexibility index (Phi) is 39.6. The molecule has 12 amide bonds. The Morgan fingerprint density at radius 2 is 1.38 bits per heavy atom. The van der Waals surface area contributed by atoms with E-state index in [1.54, 1.807) is 101 Å². The molecule has 33 nitrogen and oxygen atoms in total. The number of benzene rings is 3. The Morgan fingerprint density at radius 3 is 2.02 bits per heavy atom. The maximum atomic E-state index is 15.0. The first-order chi connectivity index (χ1) is 60.0. The summed E-state index contributed by atoms with van der Waals surface area (Å²) in [5, 5.41) is 24.1. The van der Waals surface area contributed by atoms with Crippen LogP contribution in [0.1, 0.15) is 182 Å². The average Bonchev–Trinajstić information content (AvgIpc) is 0.954. The summed E-state index contributed by atoms with van der Waals surface area (Å²) in [6, 6.07) is 19.3. The number of nitrogens with one attached hydrogen (secondary N) is 7. The molecule has 8 rings (SSSR count). The molecule has 126 heavy (non-hydrogen) atoms. The maximum absolute atomic E-state index is 15.0. The van der Waals surface area contributed by atoms with Crippen LogP contribution in [-0.2, 0) is 102 Å². The molecule has 0 aliphatic carbocycles. The molecule has 694 valence electrons. The fraction of sp³-hybridized carbons (Fsp3) is 0.620. The summed E-state index contributed by atoms with van der Waals surface area (Å²) in [6.07, 6.45) is 2.37. The van der Waals surface area contributed by atoms with E-state index in [4.69, 9.17) is 34.2 Å². The predicted molar refractivity (Wildman–Crippen MR) is 478 cm³/mol. The number of thiazole rings is 1. The molecular formula is C92H137N15O18S. The van der Waals surface area contributed by atoms with Gasteiger partial charge in [-0.25, -0.2) is 14.6 Å². The van der Waals surface area contributed by atoms with E-state index in [0.717, 1.165) is 27.2 Å². The van der Waals surface area contributed by atoms with E-state index in [2.05, 4.69) is 58.9 Å². The van der Waals surface area contributed by atoms with E-state index in [1.807, 2.05) is 100 Å². The standard InChI is InChI=1S/C92H137N15O18S/c1-57(2)79(100-74(108)34-35-76(110)105(46-48-123-50-49-122-47-39-78(112)125-92(10,11)12)67-36-43-103(44-37-67)75(109)38-45-104-68(55-94-13)53-65-26-20-21-28-71(65)104)86(115)98-69(27-22-40-96-90(93)118)85(114)97-66-32-30-64(31-33-66)56-124-91(119)102(14)81(59(5)6)87(116)101-80(58(3)4)89(117)107-62(9)60(7)82(107)73(120-15)54-77(111)106-42-23-29-72(106)83(121-16)61(8)84(113)99-70(88-95-41-51-126-88)52-63-24-18-17-19-25-63/h17-21,24-26,28,30-33,41,51,53,57-62,67,69-70,72-73,79-83,94H,22-23,27,29,34-40,42-50,52,54-56H2,1-16H3,(H,97,114)(H,98,115)(H,99,113)(H,100,108)(H,101,116)(H3,93,96,118)/t60-,61+,62?,69-,70-,72-,73+,79-,80-,81-,82-,83+/m0/s1. The van der Waals surface area contributed by atoms with Crippen LogP contribution in [0, 0.1) is 29.6 Å². The number of primary amides is 1. The van der Waals surface area contributed by atoms with Crippen molar-refractivity contribution in [1.29, 1.82) is 0 Å². The summed E-state index contributed by atoms with van der Waals surface area (Å²) in [7, 11) is 6.40. The van der Waals surface area contributed by atoms with Gasteiger partial charge in [-0.1, -0.05) is 116 Å². The molecule has 3 aromatic carbocycles. The minimum absolute atomic E-state index is 0.00317. The van der Waals surface area contributed by atoms with Crippen molar-refractivity contribution in [3.63, 3.8) is 0 Å². The summed E-state index contributed by atoms with van der Waals surface area (Å²) in [5.74, 6) is -6.11. The van der Waals surface area contributed by atoms with Gasteiger partial charge in [0.25, 0.3) is 0 Å². The van der Waals surface area contributed by atoms with Crippen LogP contribution in [0.3, 0.4) is 0 Å². The monoisotopic (exact) mass is 1770 g/mol. The van der Waals surface area contributed by atoms with Gasteiger partial charge in [0.15, 0.2) is 0 Å². The van der Waals surface area contributed by atoms with Crippen molar-refractivity contribution >= 4 is 99.2 Å². The van der Waals surface area contributed by atoms with Crippen LogP contribution in [0.25, 0.3) is 10.9 Å². The van der Waals surface area contributed by atoms with E-state index in [1.165, 1.54) is 30.4 Å². The third kappa shape index (κ3) is 29.2. The SMILES string of the molecule is CNCc1cc2ccccc2n1CCC(=O)N1CCC(N(CCOCCOCCC(=O)OC(C)(C)C)C(=O)CCC(=O)N[C@H](C(=O)N[C@@H](CCCNC(N)=O)C(=O)Nc2ccc(COC(=O)N(C)[C@H](C(=O)N[C@H](C(=O)N3C(C)[C@H](C)[C@H]3[C@@H](CC(=O)N3CCC[C@H]3[C@H](OC)[C@@H](C)C(=O)N[C@@H](Cc3ccccc3)c3nccs3)OC)C(C)C)C(C)C)cc2)C(C)C)CC1. The highest BCUT2D eigenvalue weighted by molar-refractivity contribution is 7.09. The number of likely N-dealkylation sites (tertiary alicyclic amines) is 3. The highest BCUT2D eigenvalue weighted by atomic mass is 32.1. The molecular weight excluding hydrogens is 1640 g/mol. The molecule has 34 heteroatoms. The Hall–Kier alpha value is -10.1. The smallest absolute Gasteiger partial charge is 0.410 e. The van der Waals surface area contributed by atoms with Crippen molar-refractivity contribution in [2.24, 2.45) is 35.3 Å². The number of rotatable bonds is 48. The summed E-state index contributed by atoms with van der Waals surface area (Å²) in [4.78, 5) is 180. The number of ether oxygens (including phenoxy) is 6. The molecule has 1 unspecified atom stereocenters. The van der Waals surface area contributed by atoms with Crippen LogP contribution in [0.5, 0.6) is 0 Å². The lowest BCUT2D eigenvalue weighted by atomic mass is 9.76. The van der Waals surface area contributed by atoms with E-state index in [-0.39, 0.29) is 151 Å². The van der Waals surface area contributed by atoms with E-state index in [0.29, 0.717) is 76.1 Å². The van der Waals surface area contributed by atoms with Gasteiger partial charge >= 0.3 is 18.1 Å². The zero-order valence-corrected chi connectivity index (χ0v) is 77.2. The molecule has 3 aliphatic heterocycles. The average molecular weight is 1770 g/mol. The molecule has 3 fully saturated rings. The molecule has 0 bridgehead atoms. The third-order valence-corrected chi connectivity index (χ3v) is 24.7. The zero-order valence-electron chi connectivity index (χ0n) is 76.4. The lowest BCUT2D eigenvalue weighted by molar-refractivity contribution is -0.170. The number of fused-ring (bicyclic) bond motifs is 1. The van der Waals surface area contributed by atoms with Gasteiger partial charge in [-0.3, -0.25) is 52.8 Å². The number of anilines is 1. The second-order valence-electron chi connectivity index (χ2n) is 35.2. The zero-order chi connectivity index (χ0) is 92.1. The van der Waals surface area contributed by atoms with Crippen molar-refractivity contribution in [2.45, 2.75) is 252 Å². The molecule has 5 heterocycles. The number of likely N-dealkylation sites (N-methyl/N-ethyl adjacent to an activating group) is 1. The first-order valence-corrected chi connectivity index (χ1v) is 45.2. The number of piperidine rings is 1. The summed E-state index contributed by atoms with van der Waals surface area (Å²) < 4.78 is 37.0. The highest BCUT2D eigenvalue weighted by Crippen LogP contribution is 2.39. The van der Waals surface area contributed by atoms with Gasteiger partial charge in [0.05, 0.1) is 75.5 Å². The fourth-order valence-corrected chi connectivity index (χ4v) is 17.7. The second-order valence-corrected chi connectivity index (χ2v) is 36.1. The first-order valence-electron chi connectivity index (χ1n) is 44.3. The van der Waals surface area contributed by atoms with Gasteiger partial charge in [-0.05, 0) is 144 Å². The van der Waals surface area contributed by atoms with E-state index in [9.17, 15) is 57.5 Å². The molecule has 12 atom stereocenters. The van der Waals surface area contributed by atoms with E-state index >= 15 is 0 Å². The number of hydrogen-bond donors (Lipinski definition) is 8. The Bertz CT molecular complexity index is 4380. The number of aryl methyl sites for hydroxylation is 1. The summed E-state index contributed by atoms with van der Waals surface area (Å²) >= 11 is 1.47. The van der Waals surface area contributed by atoms with Crippen LogP contribution in [0.15, 0.2) is 96.5 Å². The summed E-state index contributed by atoms with van der Waals surface area (Å²) in [6.45, 7) is 24.8. The van der Waals surface area contributed by atoms with Gasteiger partial charge in [0.2, 0.25) is 53.2 Å². The van der Waals surface area contributed by atoms with Gasteiger partial charge in [0, 0.05) is 127 Å². The number of carbonyl (C=O) groups is 12. The highest BCUT2D eigenvalue weighted by Gasteiger charge is 2.53. The first kappa shape index (κ1) is 101. The molecule has 3 saturated heterocycles. The predicted octanol–water partition coefficient (Wildman–Crippen LogP) is 8.40. The maximum Gasteiger partial charge on any atom is 0.410 e. The number of methoxy groups -OCH3 is 2. The molecule has 9 N–H and O–H groups in total. The lowest BCUT2D eigenvalue weighted by Crippen LogP contribution is -2.71. The van der Waals surface area contributed by atoms with Gasteiger partial charge in [0.1, 0.15) is 41.4 Å². The molecule has 3 aliphatic rings. The molecule has 0 saturated carbocycles. The number of nitrogens with zero attached hydrogens (tertiary/aromatic N) is 7. The van der Waals surface area contributed by atoms with Crippen LogP contribution in [-0.4, -0.2) is 259 Å². The second kappa shape index (κ2) is 49.3. The number of hydrogen-bond acceptors (Lipinski definition) is 21. The Labute approximate surface area is 745 Å². The number of amides is 12. The molecule has 0 spiro atoms. The van der Waals surface area contributed by atoms with Crippen LogP contribution in [0.4, 0.5) is 15.3 Å². The fourth-order valence-electron chi connectivity index (χ4n) is 17.0. The van der Waals surface area contributed by atoms with Crippen molar-refractivity contribution in [2.75, 3.05) is 92.8 Å². The van der Waals surface area contributed by atoms with Crippen LogP contribution >= 0.6 is 11.3 Å². The quantitative estimate of drug-likeness (QED) is 0.0134. The summed E-state index contributed by atoms with van der Waals surface area (Å²) in [5.41, 5.74) is 8.71. The molecule has 2 aromatic heterocycles. The van der Waals surface area contributed by atoms with Gasteiger partial charge in [-0.15, -0.1) is 11.3 Å². The number of aromatic nitrogens is 2. The number of urea groups is 1. The third-order valence-electron chi connectivity index (χ3n) is 23.9. The normalized spacial score (nSPS) is 18.0. The van der Waals surface area contributed by atoms with E-state index < -0.39 is 113 Å². The van der Waals surface area contributed by atoms with Crippen molar-refractivity contribution in [3.05, 3.63) is 118 Å². The minimum Gasteiger partial charge on any atom is -0.460 e. The van der Waals surface area contributed by atoms with Gasteiger partial charge in [-0.2, -0.15) is 0 Å². The van der Waals surface area contributed by atoms with Gasteiger partial charge < -0.3 is 95.5 Å².